The zero-order chi connectivity index (χ0) is 20.4. The number of rotatable bonds is 11. The lowest BCUT2D eigenvalue weighted by atomic mass is 10.1. The van der Waals surface area contributed by atoms with Crippen LogP contribution in [-0.2, 0) is 14.3 Å². The van der Waals surface area contributed by atoms with Crippen molar-refractivity contribution in [1.82, 2.24) is 10.6 Å². The number of hydrogen-bond donors (Lipinski definition) is 2. The summed E-state index contributed by atoms with van der Waals surface area (Å²) in [5, 5.41) is 5.78. The predicted molar refractivity (Wildman–Crippen MR) is 110 cm³/mol. The third-order valence-electron chi connectivity index (χ3n) is 4.44. The van der Waals surface area contributed by atoms with Crippen molar-refractivity contribution >= 4 is 23.6 Å². The molecule has 1 fully saturated rings. The molecule has 1 saturated heterocycles. The Kier molecular flexibility index (Phi) is 9.60. The quantitative estimate of drug-likeness (QED) is 0.579. The van der Waals surface area contributed by atoms with Crippen LogP contribution in [0.2, 0.25) is 0 Å². The van der Waals surface area contributed by atoms with Crippen LogP contribution in [0.5, 0.6) is 5.75 Å². The average Bonchev–Trinajstić information content (AvgIpc) is 3.22. The van der Waals surface area contributed by atoms with E-state index in [2.05, 4.69) is 10.6 Å². The first-order chi connectivity index (χ1) is 13.5. The molecule has 0 aromatic heterocycles. The Balaban J connectivity index is 1.92. The maximum Gasteiger partial charge on any atom is 0.255 e. The van der Waals surface area contributed by atoms with Crippen molar-refractivity contribution in [3.63, 3.8) is 0 Å². The van der Waals surface area contributed by atoms with E-state index in [4.69, 9.17) is 14.2 Å². The van der Waals surface area contributed by atoms with Crippen molar-refractivity contribution in [2.75, 3.05) is 38.9 Å². The van der Waals surface area contributed by atoms with Crippen LogP contribution in [0.15, 0.2) is 24.3 Å². The number of carbonyl (C=O) groups excluding carboxylic acids is 2. The molecule has 7 nitrogen and oxygen atoms in total. The SMILES string of the molecule is COc1ccccc1C(=O)N[C@H](CCSC)C(=O)N[C@H](C)CO[C@H]1CCOC1. The first kappa shape index (κ1) is 22.5. The standard InChI is InChI=1S/C20H30N2O5S/c1-14(12-27-15-8-10-26-13-15)21-20(24)17(9-11-28-3)22-19(23)16-6-4-5-7-18(16)25-2/h4-7,14-15,17H,8-13H2,1-3H3,(H,21,24)(H,22,23)/t14-,15+,17-/m1/s1. The zero-order valence-electron chi connectivity index (χ0n) is 16.7. The number of hydrogen-bond acceptors (Lipinski definition) is 6. The second-order valence-electron chi connectivity index (χ2n) is 6.74. The van der Waals surface area contributed by atoms with Crippen molar-refractivity contribution in [3.8, 4) is 5.75 Å². The number of para-hydroxylation sites is 1. The summed E-state index contributed by atoms with van der Waals surface area (Å²) >= 11 is 1.63. The van der Waals surface area contributed by atoms with Gasteiger partial charge in [-0.1, -0.05) is 12.1 Å². The van der Waals surface area contributed by atoms with Crippen LogP contribution < -0.4 is 15.4 Å². The van der Waals surface area contributed by atoms with Gasteiger partial charge in [-0.2, -0.15) is 11.8 Å². The third-order valence-corrected chi connectivity index (χ3v) is 5.09. The number of benzene rings is 1. The highest BCUT2D eigenvalue weighted by Crippen LogP contribution is 2.17. The molecule has 0 radical (unpaired) electrons. The summed E-state index contributed by atoms with van der Waals surface area (Å²) in [6.45, 7) is 3.62. The van der Waals surface area contributed by atoms with E-state index in [9.17, 15) is 9.59 Å². The predicted octanol–water partition coefficient (Wildman–Crippen LogP) is 1.86. The Hall–Kier alpha value is -1.77. The van der Waals surface area contributed by atoms with Crippen molar-refractivity contribution < 1.29 is 23.8 Å². The van der Waals surface area contributed by atoms with Crippen molar-refractivity contribution in [2.24, 2.45) is 0 Å². The molecule has 1 aliphatic heterocycles. The molecule has 1 aromatic carbocycles. The summed E-state index contributed by atoms with van der Waals surface area (Å²) in [6, 6.07) is 6.18. The molecule has 2 N–H and O–H groups in total. The molecule has 0 aliphatic carbocycles. The van der Waals surface area contributed by atoms with Gasteiger partial charge in [0.15, 0.2) is 0 Å². The normalized spacial score (nSPS) is 18.3. The van der Waals surface area contributed by atoms with Gasteiger partial charge in [-0.05, 0) is 43.9 Å². The molecule has 0 bridgehead atoms. The average molecular weight is 411 g/mol. The monoisotopic (exact) mass is 410 g/mol. The molecule has 0 saturated carbocycles. The van der Waals surface area contributed by atoms with E-state index >= 15 is 0 Å². The first-order valence-corrected chi connectivity index (χ1v) is 10.9. The summed E-state index contributed by atoms with van der Waals surface area (Å²) in [5.74, 6) is 0.695. The number of thioether (sulfide) groups is 1. The van der Waals surface area contributed by atoms with Gasteiger partial charge in [-0.25, -0.2) is 0 Å². The van der Waals surface area contributed by atoms with Gasteiger partial charge in [0.05, 0.1) is 32.0 Å². The molecule has 0 spiro atoms. The molecular formula is C20H30N2O5S. The van der Waals surface area contributed by atoms with Gasteiger partial charge < -0.3 is 24.8 Å². The number of carbonyl (C=O) groups is 2. The van der Waals surface area contributed by atoms with Crippen LogP contribution in [-0.4, -0.2) is 68.9 Å². The lowest BCUT2D eigenvalue weighted by Crippen LogP contribution is -2.50. The van der Waals surface area contributed by atoms with Gasteiger partial charge >= 0.3 is 0 Å². The van der Waals surface area contributed by atoms with E-state index in [-0.39, 0.29) is 24.0 Å². The Morgan fingerprint density at radius 1 is 1.32 bits per heavy atom. The molecule has 3 atom stereocenters. The minimum Gasteiger partial charge on any atom is -0.496 e. The molecule has 1 heterocycles. The van der Waals surface area contributed by atoms with E-state index in [1.54, 1.807) is 36.0 Å². The second kappa shape index (κ2) is 11.9. The fourth-order valence-corrected chi connectivity index (χ4v) is 3.35. The van der Waals surface area contributed by atoms with Gasteiger partial charge in [-0.3, -0.25) is 9.59 Å². The Morgan fingerprint density at radius 3 is 2.79 bits per heavy atom. The van der Waals surface area contributed by atoms with Crippen molar-refractivity contribution in [1.29, 1.82) is 0 Å². The molecule has 0 unspecified atom stereocenters. The largest absolute Gasteiger partial charge is 0.496 e. The highest BCUT2D eigenvalue weighted by atomic mass is 32.2. The van der Waals surface area contributed by atoms with E-state index < -0.39 is 6.04 Å². The molecule has 28 heavy (non-hydrogen) atoms. The number of amides is 2. The molecule has 1 aliphatic rings. The molecule has 1 aromatic rings. The van der Waals surface area contributed by atoms with Crippen LogP contribution >= 0.6 is 11.8 Å². The van der Waals surface area contributed by atoms with E-state index in [1.807, 2.05) is 13.2 Å². The molecule has 156 valence electrons. The summed E-state index contributed by atoms with van der Waals surface area (Å²) in [5.41, 5.74) is 0.407. The smallest absolute Gasteiger partial charge is 0.255 e. The van der Waals surface area contributed by atoms with E-state index in [1.165, 1.54) is 7.11 Å². The lowest BCUT2D eigenvalue weighted by molar-refractivity contribution is -0.124. The molecule has 2 rings (SSSR count). The van der Waals surface area contributed by atoms with Gasteiger partial charge in [-0.15, -0.1) is 0 Å². The number of methoxy groups -OCH3 is 1. The van der Waals surface area contributed by atoms with E-state index in [0.717, 1.165) is 18.8 Å². The third kappa shape index (κ3) is 7.00. The second-order valence-corrected chi connectivity index (χ2v) is 7.72. The van der Waals surface area contributed by atoms with Gasteiger partial charge in [0.1, 0.15) is 11.8 Å². The van der Waals surface area contributed by atoms with Crippen molar-refractivity contribution in [2.45, 2.75) is 38.0 Å². The highest BCUT2D eigenvalue weighted by Gasteiger charge is 2.24. The van der Waals surface area contributed by atoms with Crippen LogP contribution in [0, 0.1) is 0 Å². The maximum atomic E-state index is 12.7. The Labute approximate surface area is 170 Å². The first-order valence-electron chi connectivity index (χ1n) is 9.47. The van der Waals surface area contributed by atoms with Crippen LogP contribution in [0.3, 0.4) is 0 Å². The number of ether oxygens (including phenoxy) is 3. The molecular weight excluding hydrogens is 380 g/mol. The highest BCUT2D eigenvalue weighted by molar-refractivity contribution is 7.98. The summed E-state index contributed by atoms with van der Waals surface area (Å²) in [6.07, 6.45) is 3.48. The van der Waals surface area contributed by atoms with Crippen molar-refractivity contribution in [3.05, 3.63) is 29.8 Å². The van der Waals surface area contributed by atoms with Crippen LogP contribution in [0.25, 0.3) is 0 Å². The Morgan fingerprint density at radius 2 is 2.11 bits per heavy atom. The summed E-state index contributed by atoms with van der Waals surface area (Å²) in [7, 11) is 1.51. The summed E-state index contributed by atoms with van der Waals surface area (Å²) in [4.78, 5) is 25.4. The van der Waals surface area contributed by atoms with Crippen LogP contribution in [0.1, 0.15) is 30.1 Å². The van der Waals surface area contributed by atoms with Gasteiger partial charge in [0, 0.05) is 12.6 Å². The summed E-state index contributed by atoms with van der Waals surface area (Å²) < 4.78 is 16.3. The van der Waals surface area contributed by atoms with E-state index in [0.29, 0.717) is 30.9 Å². The maximum absolute atomic E-state index is 12.7. The minimum absolute atomic E-state index is 0.0943. The lowest BCUT2D eigenvalue weighted by Gasteiger charge is -2.22. The molecule has 8 heteroatoms. The fourth-order valence-electron chi connectivity index (χ4n) is 2.88. The minimum atomic E-state index is -0.623. The number of nitrogens with one attached hydrogen (secondary N) is 2. The topological polar surface area (TPSA) is 85.9 Å². The Bertz CT molecular complexity index is 637. The van der Waals surface area contributed by atoms with Crippen LogP contribution in [0.4, 0.5) is 0 Å². The van der Waals surface area contributed by atoms with Gasteiger partial charge in [0.25, 0.3) is 5.91 Å². The fraction of sp³-hybridized carbons (Fsp3) is 0.600. The molecule has 2 amide bonds. The zero-order valence-corrected chi connectivity index (χ0v) is 17.6. The van der Waals surface area contributed by atoms with Gasteiger partial charge in [0.2, 0.25) is 5.91 Å².